The molecule has 0 atom stereocenters. The largest absolute Gasteiger partial charge is 0.417 e. The molecular formula is C16H13BrN2O3S. The van der Waals surface area contributed by atoms with Crippen molar-refractivity contribution < 1.29 is 9.21 Å². The van der Waals surface area contributed by atoms with Gasteiger partial charge in [-0.3, -0.25) is 9.78 Å². The highest BCUT2D eigenvalue weighted by atomic mass is 79.9. The van der Waals surface area contributed by atoms with E-state index in [9.17, 15) is 9.59 Å². The monoisotopic (exact) mass is 392 g/mol. The van der Waals surface area contributed by atoms with Crippen LogP contribution in [0.25, 0.3) is 11.1 Å². The maximum atomic E-state index is 12.1. The van der Waals surface area contributed by atoms with Crippen molar-refractivity contribution in [3.05, 3.63) is 57.0 Å². The number of halogens is 1. The molecule has 0 spiro atoms. The minimum atomic E-state index is -0.509. The molecule has 0 saturated heterocycles. The van der Waals surface area contributed by atoms with E-state index in [1.54, 1.807) is 18.2 Å². The molecule has 2 N–H and O–H groups in total. The van der Waals surface area contributed by atoms with Crippen LogP contribution in [-0.2, 0) is 4.79 Å². The second-order valence-corrected chi connectivity index (χ2v) is 6.90. The van der Waals surface area contributed by atoms with Crippen LogP contribution in [0.1, 0.15) is 5.56 Å². The number of hydrogen-bond donors (Lipinski definition) is 2. The molecule has 3 rings (SSSR count). The Balaban J connectivity index is 1.64. The fraction of sp³-hybridized carbons (Fsp3) is 0.125. The lowest BCUT2D eigenvalue weighted by molar-refractivity contribution is -0.113. The summed E-state index contributed by atoms with van der Waals surface area (Å²) in [6, 6.07) is 11.0. The molecule has 1 aromatic heterocycles. The van der Waals surface area contributed by atoms with Gasteiger partial charge in [-0.1, -0.05) is 15.9 Å². The lowest BCUT2D eigenvalue weighted by Crippen LogP contribution is -2.14. The topological polar surface area (TPSA) is 75.1 Å². The fourth-order valence-electron chi connectivity index (χ4n) is 2.14. The first-order valence-corrected chi connectivity index (χ1v) is 8.61. The molecule has 2 aromatic carbocycles. The summed E-state index contributed by atoms with van der Waals surface area (Å²) in [7, 11) is 0. The average Bonchev–Trinajstić information content (AvgIpc) is 2.85. The normalized spacial score (nSPS) is 10.9. The van der Waals surface area contributed by atoms with E-state index in [0.717, 1.165) is 14.9 Å². The number of carbonyl (C=O) groups excluding carboxylic acids is 1. The summed E-state index contributed by atoms with van der Waals surface area (Å²) < 4.78 is 5.94. The van der Waals surface area contributed by atoms with Gasteiger partial charge in [0.05, 0.1) is 11.3 Å². The van der Waals surface area contributed by atoms with E-state index in [4.69, 9.17) is 4.42 Å². The predicted molar refractivity (Wildman–Crippen MR) is 95.1 cm³/mol. The van der Waals surface area contributed by atoms with Crippen LogP contribution in [0, 0.1) is 6.92 Å². The van der Waals surface area contributed by atoms with E-state index in [0.29, 0.717) is 22.5 Å². The van der Waals surface area contributed by atoms with Crippen molar-refractivity contribution in [2.24, 2.45) is 0 Å². The summed E-state index contributed by atoms with van der Waals surface area (Å²) in [5, 5.41) is 2.81. The number of oxazole rings is 1. The van der Waals surface area contributed by atoms with Gasteiger partial charge < -0.3 is 9.73 Å². The Kier molecular flexibility index (Phi) is 4.58. The summed E-state index contributed by atoms with van der Waals surface area (Å²) in [6.45, 7) is 2.01. The minimum absolute atomic E-state index is 0.109. The molecule has 0 saturated carbocycles. The van der Waals surface area contributed by atoms with Crippen LogP contribution >= 0.6 is 27.7 Å². The number of aryl methyl sites for hydroxylation is 1. The van der Waals surface area contributed by atoms with Crippen LogP contribution < -0.4 is 11.1 Å². The first-order chi connectivity index (χ1) is 11.0. The van der Waals surface area contributed by atoms with Gasteiger partial charge in [0.25, 0.3) is 0 Å². The van der Waals surface area contributed by atoms with E-state index < -0.39 is 5.76 Å². The van der Waals surface area contributed by atoms with Crippen molar-refractivity contribution in [2.45, 2.75) is 11.8 Å². The summed E-state index contributed by atoms with van der Waals surface area (Å²) in [5.41, 5.74) is 2.76. The van der Waals surface area contributed by atoms with Crippen LogP contribution in [-0.4, -0.2) is 16.6 Å². The van der Waals surface area contributed by atoms with E-state index in [-0.39, 0.29) is 5.91 Å². The van der Waals surface area contributed by atoms with Gasteiger partial charge in [0.1, 0.15) is 0 Å². The van der Waals surface area contributed by atoms with Gasteiger partial charge in [-0.2, -0.15) is 0 Å². The maximum absolute atomic E-state index is 12.1. The van der Waals surface area contributed by atoms with Crippen molar-refractivity contribution >= 4 is 50.4 Å². The Morgan fingerprint density at radius 1 is 1.30 bits per heavy atom. The van der Waals surface area contributed by atoms with Crippen molar-refractivity contribution in [2.75, 3.05) is 11.1 Å². The van der Waals surface area contributed by atoms with Crippen LogP contribution in [0.2, 0.25) is 0 Å². The fourth-order valence-corrected chi connectivity index (χ4v) is 3.43. The number of aromatic nitrogens is 1. The SMILES string of the molecule is Cc1cc(Br)ccc1SCC(=O)Nc1ccc2oc(=O)[nH]c2c1. The zero-order chi connectivity index (χ0) is 16.4. The molecule has 23 heavy (non-hydrogen) atoms. The molecule has 3 aromatic rings. The van der Waals surface area contributed by atoms with Crippen LogP contribution in [0.3, 0.4) is 0 Å². The first kappa shape index (κ1) is 15.9. The molecule has 0 unspecified atom stereocenters. The van der Waals surface area contributed by atoms with Gasteiger partial charge >= 0.3 is 5.76 Å². The number of hydrogen-bond acceptors (Lipinski definition) is 4. The molecule has 0 bridgehead atoms. The van der Waals surface area contributed by atoms with E-state index in [2.05, 4.69) is 26.2 Å². The van der Waals surface area contributed by atoms with Gasteiger partial charge in [-0.25, -0.2) is 4.79 Å². The Morgan fingerprint density at radius 3 is 2.91 bits per heavy atom. The molecular weight excluding hydrogens is 380 g/mol. The molecule has 0 aliphatic rings. The number of benzene rings is 2. The van der Waals surface area contributed by atoms with E-state index in [1.165, 1.54) is 11.8 Å². The minimum Gasteiger partial charge on any atom is -0.408 e. The zero-order valence-electron chi connectivity index (χ0n) is 12.2. The number of fused-ring (bicyclic) bond motifs is 1. The predicted octanol–water partition coefficient (Wildman–Crippen LogP) is 3.92. The van der Waals surface area contributed by atoms with Crippen molar-refractivity contribution in [3.8, 4) is 0 Å². The molecule has 1 heterocycles. The number of thioether (sulfide) groups is 1. The van der Waals surface area contributed by atoms with E-state index >= 15 is 0 Å². The van der Waals surface area contributed by atoms with Crippen molar-refractivity contribution in [3.63, 3.8) is 0 Å². The number of H-pyrrole nitrogens is 1. The lowest BCUT2D eigenvalue weighted by atomic mass is 10.2. The second-order valence-electron chi connectivity index (χ2n) is 4.97. The van der Waals surface area contributed by atoms with Crippen molar-refractivity contribution in [1.82, 2.24) is 4.98 Å². The number of nitrogens with one attached hydrogen (secondary N) is 2. The third kappa shape index (κ3) is 3.86. The molecule has 5 nitrogen and oxygen atoms in total. The van der Waals surface area contributed by atoms with Crippen LogP contribution in [0.15, 0.2) is 55.0 Å². The van der Waals surface area contributed by atoms with E-state index in [1.807, 2.05) is 25.1 Å². The highest BCUT2D eigenvalue weighted by Gasteiger charge is 2.08. The van der Waals surface area contributed by atoms with Gasteiger partial charge in [0.2, 0.25) is 5.91 Å². The van der Waals surface area contributed by atoms with Gasteiger partial charge in [0, 0.05) is 15.1 Å². The highest BCUT2D eigenvalue weighted by molar-refractivity contribution is 9.10. The quantitative estimate of drug-likeness (QED) is 0.659. The summed E-state index contributed by atoms with van der Waals surface area (Å²) in [4.78, 5) is 26.8. The zero-order valence-corrected chi connectivity index (χ0v) is 14.6. The average molecular weight is 393 g/mol. The number of amides is 1. The van der Waals surface area contributed by atoms with Gasteiger partial charge in [-0.05, 0) is 48.9 Å². The number of carbonyl (C=O) groups is 1. The summed E-state index contributed by atoms with van der Waals surface area (Å²) in [6.07, 6.45) is 0. The second kappa shape index (κ2) is 6.64. The third-order valence-electron chi connectivity index (χ3n) is 3.20. The summed E-state index contributed by atoms with van der Waals surface area (Å²) >= 11 is 4.90. The maximum Gasteiger partial charge on any atom is 0.417 e. The van der Waals surface area contributed by atoms with Crippen LogP contribution in [0.5, 0.6) is 0 Å². The Hall–Kier alpha value is -1.99. The number of aromatic amines is 1. The molecule has 0 fully saturated rings. The Bertz CT molecular complexity index is 932. The lowest BCUT2D eigenvalue weighted by Gasteiger charge is -2.07. The molecule has 0 radical (unpaired) electrons. The number of anilines is 1. The molecule has 0 aliphatic carbocycles. The van der Waals surface area contributed by atoms with Gasteiger partial charge in [0.15, 0.2) is 5.58 Å². The number of rotatable bonds is 4. The Labute approximate surface area is 144 Å². The van der Waals surface area contributed by atoms with Crippen LogP contribution in [0.4, 0.5) is 5.69 Å². The molecule has 0 aliphatic heterocycles. The molecule has 1 amide bonds. The smallest absolute Gasteiger partial charge is 0.408 e. The van der Waals surface area contributed by atoms with Gasteiger partial charge in [-0.15, -0.1) is 11.8 Å². The molecule has 118 valence electrons. The highest BCUT2D eigenvalue weighted by Crippen LogP contribution is 2.25. The Morgan fingerprint density at radius 2 is 2.13 bits per heavy atom. The standard InChI is InChI=1S/C16H13BrN2O3S/c1-9-6-10(17)2-5-14(9)23-8-15(20)18-11-3-4-13-12(7-11)19-16(21)22-13/h2-7H,8H2,1H3,(H,18,20)(H,19,21). The van der Waals surface area contributed by atoms with Crippen molar-refractivity contribution in [1.29, 1.82) is 0 Å². The first-order valence-electron chi connectivity index (χ1n) is 6.83. The third-order valence-corrected chi connectivity index (χ3v) is 4.87. The summed E-state index contributed by atoms with van der Waals surface area (Å²) in [5.74, 6) is -0.310. The molecule has 7 heteroatoms.